The molecular weight excluding hydrogens is 326 g/mol. The van der Waals surface area contributed by atoms with Gasteiger partial charge >= 0.3 is 5.97 Å². The molecule has 26 heavy (non-hydrogen) atoms. The number of carboxylic acid groups (broad SMARTS) is 1. The third-order valence-electron chi connectivity index (χ3n) is 5.15. The fourth-order valence-corrected chi connectivity index (χ4v) is 3.50. The number of unbranched alkanes of at least 4 members (excludes halogenated alkanes) is 2. The fourth-order valence-electron chi connectivity index (χ4n) is 3.50. The number of hydrogen-bond donors (Lipinski definition) is 1. The fraction of sp³-hybridized carbons (Fsp3) is 0.364. The third kappa shape index (κ3) is 3.50. The molecule has 3 rings (SSSR count). The number of aryl methyl sites for hydroxylation is 1. The molecule has 0 fully saturated rings. The second-order valence-corrected chi connectivity index (χ2v) is 6.95. The van der Waals surface area contributed by atoms with Crippen LogP contribution >= 0.6 is 0 Å². The Morgan fingerprint density at radius 3 is 2.54 bits per heavy atom. The molecular formula is C22H25NO3. The van der Waals surface area contributed by atoms with E-state index in [1.807, 2.05) is 24.3 Å². The molecule has 0 aliphatic carbocycles. The summed E-state index contributed by atoms with van der Waals surface area (Å²) in [6, 6.07) is 13.4. The Morgan fingerprint density at radius 1 is 1.15 bits per heavy atom. The van der Waals surface area contributed by atoms with Crippen molar-refractivity contribution in [2.45, 2.75) is 52.0 Å². The molecule has 0 spiro atoms. The van der Waals surface area contributed by atoms with Gasteiger partial charge in [0.2, 0.25) is 0 Å². The molecule has 136 valence electrons. The smallest absolute Gasteiger partial charge is 0.310 e. The van der Waals surface area contributed by atoms with Crippen LogP contribution < -0.4 is 4.90 Å². The van der Waals surface area contributed by atoms with E-state index < -0.39 is 11.9 Å². The van der Waals surface area contributed by atoms with Crippen LogP contribution in [0.2, 0.25) is 0 Å². The molecule has 0 aromatic heterocycles. The second-order valence-electron chi connectivity index (χ2n) is 6.95. The molecule has 0 radical (unpaired) electrons. The van der Waals surface area contributed by atoms with Gasteiger partial charge in [-0.1, -0.05) is 50.1 Å². The first-order chi connectivity index (χ1) is 12.5. The zero-order valence-corrected chi connectivity index (χ0v) is 15.4. The van der Waals surface area contributed by atoms with Crippen LogP contribution in [0.3, 0.4) is 0 Å². The minimum atomic E-state index is -0.848. The molecule has 1 heterocycles. The van der Waals surface area contributed by atoms with Gasteiger partial charge in [0.05, 0.1) is 12.5 Å². The van der Waals surface area contributed by atoms with E-state index in [2.05, 4.69) is 13.0 Å². The molecule has 4 heteroatoms. The lowest BCUT2D eigenvalue weighted by molar-refractivity contribution is -0.138. The van der Waals surface area contributed by atoms with Gasteiger partial charge in [-0.25, -0.2) is 0 Å². The number of carbonyl (C=O) groups is 2. The summed E-state index contributed by atoms with van der Waals surface area (Å²) in [6.07, 6.45) is 4.37. The van der Waals surface area contributed by atoms with Gasteiger partial charge in [0, 0.05) is 11.3 Å². The van der Waals surface area contributed by atoms with Gasteiger partial charge in [-0.2, -0.15) is 0 Å². The van der Waals surface area contributed by atoms with Crippen molar-refractivity contribution in [1.82, 2.24) is 0 Å². The first-order valence-electron chi connectivity index (χ1n) is 9.28. The Hall–Kier alpha value is -2.62. The van der Waals surface area contributed by atoms with Crippen molar-refractivity contribution < 1.29 is 14.7 Å². The number of anilines is 1. The van der Waals surface area contributed by atoms with E-state index in [9.17, 15) is 9.59 Å². The van der Waals surface area contributed by atoms with Crippen molar-refractivity contribution in [2.75, 3.05) is 4.90 Å². The minimum Gasteiger partial charge on any atom is -0.481 e. The largest absolute Gasteiger partial charge is 0.481 e. The monoisotopic (exact) mass is 351 g/mol. The Morgan fingerprint density at radius 2 is 1.88 bits per heavy atom. The van der Waals surface area contributed by atoms with Crippen molar-refractivity contribution in [1.29, 1.82) is 0 Å². The number of nitrogens with zero attached hydrogens (tertiary/aromatic N) is 1. The number of fused-ring (bicyclic) bond motifs is 1. The van der Waals surface area contributed by atoms with Gasteiger partial charge in [-0.3, -0.25) is 9.59 Å². The minimum absolute atomic E-state index is 0.0473. The average molecular weight is 351 g/mol. The highest BCUT2D eigenvalue weighted by Gasteiger charge is 2.30. The van der Waals surface area contributed by atoms with E-state index in [-0.39, 0.29) is 5.91 Å². The van der Waals surface area contributed by atoms with E-state index in [0.29, 0.717) is 6.54 Å². The predicted molar refractivity (Wildman–Crippen MR) is 103 cm³/mol. The first kappa shape index (κ1) is 18.2. The molecule has 1 atom stereocenters. The molecule has 1 N–H and O–H groups in total. The molecule has 0 bridgehead atoms. The van der Waals surface area contributed by atoms with Crippen LogP contribution in [-0.2, 0) is 17.8 Å². The van der Waals surface area contributed by atoms with Gasteiger partial charge in [0.25, 0.3) is 5.91 Å². The van der Waals surface area contributed by atoms with Crippen molar-refractivity contribution >= 4 is 17.6 Å². The van der Waals surface area contributed by atoms with Crippen LogP contribution in [0, 0.1) is 0 Å². The molecule has 0 saturated carbocycles. The van der Waals surface area contributed by atoms with Crippen LogP contribution in [0.15, 0.2) is 42.5 Å². The number of carboxylic acids is 1. The summed E-state index contributed by atoms with van der Waals surface area (Å²) in [7, 11) is 0. The summed E-state index contributed by atoms with van der Waals surface area (Å²) in [5, 5.41) is 9.13. The molecule has 1 aliphatic heterocycles. The first-order valence-corrected chi connectivity index (χ1v) is 9.28. The Labute approximate surface area is 154 Å². The highest BCUT2D eigenvalue weighted by atomic mass is 16.4. The van der Waals surface area contributed by atoms with Gasteiger partial charge in [0.1, 0.15) is 0 Å². The summed E-state index contributed by atoms with van der Waals surface area (Å²) < 4.78 is 0. The quantitative estimate of drug-likeness (QED) is 0.731. The third-order valence-corrected chi connectivity index (χ3v) is 5.15. The lowest BCUT2D eigenvalue weighted by Crippen LogP contribution is -2.23. The Bertz CT molecular complexity index is 811. The average Bonchev–Trinajstić information content (AvgIpc) is 2.99. The maximum atomic E-state index is 13.0. The van der Waals surface area contributed by atoms with E-state index in [4.69, 9.17) is 5.11 Å². The lowest BCUT2D eigenvalue weighted by atomic mass is 9.98. The SMILES string of the molecule is CCCCCc1cccc2c1C(=O)N(c1ccc(C(C)C(=O)O)cc1)C2. The number of amides is 1. The van der Waals surface area contributed by atoms with E-state index >= 15 is 0 Å². The van der Waals surface area contributed by atoms with Gasteiger partial charge < -0.3 is 10.0 Å². The maximum absolute atomic E-state index is 13.0. The molecule has 0 saturated heterocycles. The molecule has 2 aromatic carbocycles. The molecule has 1 aliphatic rings. The van der Waals surface area contributed by atoms with Gasteiger partial charge in [0.15, 0.2) is 0 Å². The van der Waals surface area contributed by atoms with E-state index in [0.717, 1.165) is 47.2 Å². The summed E-state index contributed by atoms with van der Waals surface area (Å²) in [5.41, 5.74) is 4.62. The highest BCUT2D eigenvalue weighted by molar-refractivity contribution is 6.11. The van der Waals surface area contributed by atoms with Crippen LogP contribution in [-0.4, -0.2) is 17.0 Å². The zero-order chi connectivity index (χ0) is 18.7. The summed E-state index contributed by atoms with van der Waals surface area (Å²) >= 11 is 0. The van der Waals surface area contributed by atoms with Crippen molar-refractivity contribution in [2.24, 2.45) is 0 Å². The molecule has 1 amide bonds. The summed E-state index contributed by atoms with van der Waals surface area (Å²) in [5.74, 6) is -1.36. The van der Waals surface area contributed by atoms with Crippen molar-refractivity contribution in [3.63, 3.8) is 0 Å². The zero-order valence-electron chi connectivity index (χ0n) is 15.4. The number of aliphatic carboxylic acids is 1. The van der Waals surface area contributed by atoms with Gasteiger partial charge in [-0.15, -0.1) is 0 Å². The topological polar surface area (TPSA) is 57.6 Å². The number of hydrogen-bond acceptors (Lipinski definition) is 2. The van der Waals surface area contributed by atoms with E-state index in [1.165, 1.54) is 6.42 Å². The molecule has 4 nitrogen and oxygen atoms in total. The number of benzene rings is 2. The van der Waals surface area contributed by atoms with Crippen molar-refractivity contribution in [3.05, 3.63) is 64.7 Å². The van der Waals surface area contributed by atoms with Crippen LogP contribution in [0.1, 0.15) is 66.1 Å². The van der Waals surface area contributed by atoms with Crippen LogP contribution in [0.25, 0.3) is 0 Å². The van der Waals surface area contributed by atoms with Gasteiger partial charge in [-0.05, 0) is 48.6 Å². The number of rotatable bonds is 7. The van der Waals surface area contributed by atoms with Crippen LogP contribution in [0.4, 0.5) is 5.69 Å². The van der Waals surface area contributed by atoms with Crippen molar-refractivity contribution in [3.8, 4) is 0 Å². The maximum Gasteiger partial charge on any atom is 0.310 e. The summed E-state index contributed by atoms with van der Waals surface area (Å²) in [4.78, 5) is 25.9. The summed E-state index contributed by atoms with van der Waals surface area (Å²) in [6.45, 7) is 4.41. The number of carbonyl (C=O) groups excluding carboxylic acids is 1. The lowest BCUT2D eigenvalue weighted by Gasteiger charge is -2.17. The predicted octanol–water partition coefficient (Wildman–Crippen LogP) is 4.77. The second kappa shape index (κ2) is 7.73. The standard InChI is InChI=1S/C22H25NO3/c1-3-4-5-7-17-8-6-9-18-14-23(21(24)20(17)18)19-12-10-16(11-13-19)15(2)22(25)26/h6,8-13,15H,3-5,7,14H2,1-2H3,(H,25,26). The Kier molecular flexibility index (Phi) is 5.40. The Balaban J connectivity index is 1.82. The molecule has 2 aromatic rings. The molecule has 1 unspecified atom stereocenters. The van der Waals surface area contributed by atoms with Crippen LogP contribution in [0.5, 0.6) is 0 Å². The van der Waals surface area contributed by atoms with E-state index in [1.54, 1.807) is 24.0 Å². The highest BCUT2D eigenvalue weighted by Crippen LogP contribution is 2.32. The normalized spacial score (nSPS) is 14.4.